The smallest absolute Gasteiger partial charge is 0.000527 e. The Bertz CT molecular complexity index is 145. The second-order valence-electron chi connectivity index (χ2n) is 5.09. The van der Waals surface area contributed by atoms with E-state index in [0.717, 1.165) is 5.92 Å². The first-order valence-electron chi connectivity index (χ1n) is 5.49. The molecule has 2 rings (SSSR count). The van der Waals surface area contributed by atoms with E-state index in [1.165, 1.54) is 51.6 Å². The summed E-state index contributed by atoms with van der Waals surface area (Å²) in [5.74, 6) is 1.02. The van der Waals surface area contributed by atoms with Crippen LogP contribution in [0, 0.1) is 11.3 Å². The molecule has 0 atom stereocenters. The van der Waals surface area contributed by atoms with E-state index in [2.05, 4.69) is 12.2 Å². The van der Waals surface area contributed by atoms with Crippen molar-refractivity contribution in [3.8, 4) is 0 Å². The van der Waals surface area contributed by atoms with Gasteiger partial charge in [-0.1, -0.05) is 19.8 Å². The monoisotopic (exact) mass is 167 g/mol. The van der Waals surface area contributed by atoms with Gasteiger partial charge in [-0.15, -0.1) is 0 Å². The molecule has 0 saturated heterocycles. The molecule has 0 bridgehead atoms. The number of hydrogen-bond acceptors (Lipinski definition) is 1. The van der Waals surface area contributed by atoms with Crippen LogP contribution in [0.15, 0.2) is 0 Å². The van der Waals surface area contributed by atoms with E-state index < -0.39 is 0 Å². The molecule has 0 aromatic carbocycles. The van der Waals surface area contributed by atoms with E-state index in [0.29, 0.717) is 5.41 Å². The molecule has 2 fully saturated rings. The van der Waals surface area contributed by atoms with Crippen LogP contribution in [0.25, 0.3) is 0 Å². The molecule has 0 unspecified atom stereocenters. The number of rotatable bonds is 4. The van der Waals surface area contributed by atoms with Gasteiger partial charge in [0.2, 0.25) is 0 Å². The zero-order valence-electron chi connectivity index (χ0n) is 8.23. The van der Waals surface area contributed by atoms with Gasteiger partial charge in [0.05, 0.1) is 0 Å². The lowest BCUT2D eigenvalue weighted by Crippen LogP contribution is -2.39. The minimum absolute atomic E-state index is 0.670. The summed E-state index contributed by atoms with van der Waals surface area (Å²) >= 11 is 0. The summed E-state index contributed by atoms with van der Waals surface area (Å²) in [6.07, 6.45) is 8.79. The summed E-state index contributed by atoms with van der Waals surface area (Å²) in [5, 5.41) is 3.63. The van der Waals surface area contributed by atoms with E-state index in [1.807, 2.05) is 0 Å². The lowest BCUT2D eigenvalue weighted by Gasteiger charge is -2.39. The van der Waals surface area contributed by atoms with Crippen molar-refractivity contribution in [3.05, 3.63) is 0 Å². The van der Waals surface area contributed by atoms with Crippen LogP contribution >= 0.6 is 0 Å². The van der Waals surface area contributed by atoms with Crippen molar-refractivity contribution in [1.82, 2.24) is 5.32 Å². The summed E-state index contributed by atoms with van der Waals surface area (Å²) < 4.78 is 0. The van der Waals surface area contributed by atoms with Gasteiger partial charge in [0, 0.05) is 6.54 Å². The van der Waals surface area contributed by atoms with Gasteiger partial charge in [0.1, 0.15) is 0 Å². The number of hydrogen-bond donors (Lipinski definition) is 1. The van der Waals surface area contributed by atoms with Gasteiger partial charge < -0.3 is 5.32 Å². The molecule has 1 heteroatoms. The molecule has 1 nitrogen and oxygen atoms in total. The van der Waals surface area contributed by atoms with Crippen LogP contribution in [0.1, 0.15) is 45.4 Å². The molecular formula is C11H21N. The highest BCUT2D eigenvalue weighted by Gasteiger charge is 2.31. The van der Waals surface area contributed by atoms with Crippen molar-refractivity contribution in [1.29, 1.82) is 0 Å². The molecule has 1 N–H and O–H groups in total. The fourth-order valence-corrected chi connectivity index (χ4v) is 2.23. The molecule has 0 aromatic rings. The SMILES string of the molecule is CC1(CNCC2CCC2)CCC1. The Hall–Kier alpha value is -0.0400. The lowest BCUT2D eigenvalue weighted by molar-refractivity contribution is 0.150. The van der Waals surface area contributed by atoms with Crippen molar-refractivity contribution in [2.24, 2.45) is 11.3 Å². The van der Waals surface area contributed by atoms with Crippen LogP contribution in [0.2, 0.25) is 0 Å². The third kappa shape index (κ3) is 1.82. The molecule has 0 heterocycles. The van der Waals surface area contributed by atoms with Crippen LogP contribution in [-0.2, 0) is 0 Å². The van der Waals surface area contributed by atoms with E-state index in [1.54, 1.807) is 0 Å². The highest BCUT2D eigenvalue weighted by molar-refractivity contribution is 4.85. The molecule has 2 saturated carbocycles. The Labute approximate surface area is 75.9 Å². The third-order valence-electron chi connectivity index (χ3n) is 3.77. The summed E-state index contributed by atoms with van der Waals surface area (Å²) in [4.78, 5) is 0. The van der Waals surface area contributed by atoms with Gasteiger partial charge in [-0.2, -0.15) is 0 Å². The Morgan fingerprint density at radius 1 is 1.25 bits per heavy atom. The van der Waals surface area contributed by atoms with Gasteiger partial charge in [-0.3, -0.25) is 0 Å². The highest BCUT2D eigenvalue weighted by Crippen LogP contribution is 2.39. The molecular weight excluding hydrogens is 146 g/mol. The Balaban J connectivity index is 1.55. The van der Waals surface area contributed by atoms with Crippen LogP contribution < -0.4 is 5.32 Å². The normalized spacial score (nSPS) is 27.8. The molecule has 12 heavy (non-hydrogen) atoms. The average molecular weight is 167 g/mol. The van der Waals surface area contributed by atoms with Gasteiger partial charge in [0.15, 0.2) is 0 Å². The van der Waals surface area contributed by atoms with E-state index in [-0.39, 0.29) is 0 Å². The van der Waals surface area contributed by atoms with Crippen LogP contribution in [0.3, 0.4) is 0 Å². The lowest BCUT2D eigenvalue weighted by atomic mass is 9.70. The zero-order valence-corrected chi connectivity index (χ0v) is 8.23. The van der Waals surface area contributed by atoms with Crippen LogP contribution in [0.5, 0.6) is 0 Å². The van der Waals surface area contributed by atoms with Crippen molar-refractivity contribution in [3.63, 3.8) is 0 Å². The predicted octanol–water partition coefficient (Wildman–Crippen LogP) is 2.57. The van der Waals surface area contributed by atoms with Crippen LogP contribution in [0.4, 0.5) is 0 Å². The summed E-state index contributed by atoms with van der Waals surface area (Å²) in [6.45, 7) is 4.98. The predicted molar refractivity (Wildman–Crippen MR) is 52.2 cm³/mol. The summed E-state index contributed by atoms with van der Waals surface area (Å²) in [6, 6.07) is 0. The second-order valence-corrected chi connectivity index (χ2v) is 5.09. The van der Waals surface area contributed by atoms with E-state index in [4.69, 9.17) is 0 Å². The Morgan fingerprint density at radius 2 is 2.00 bits per heavy atom. The van der Waals surface area contributed by atoms with Gasteiger partial charge in [-0.05, 0) is 43.6 Å². The standard InChI is InChI=1S/C11H21N/c1-11(6-3-7-11)9-12-8-10-4-2-5-10/h10,12H,2-9H2,1H3. The molecule has 0 spiro atoms. The molecule has 2 aliphatic rings. The fraction of sp³-hybridized carbons (Fsp3) is 1.00. The number of nitrogens with one attached hydrogen (secondary N) is 1. The maximum Gasteiger partial charge on any atom is 0.000527 e. The second kappa shape index (κ2) is 3.37. The highest BCUT2D eigenvalue weighted by atomic mass is 14.9. The summed E-state index contributed by atoms with van der Waals surface area (Å²) in [5.41, 5.74) is 0.670. The van der Waals surface area contributed by atoms with Crippen molar-refractivity contribution >= 4 is 0 Å². The molecule has 0 aliphatic heterocycles. The zero-order chi connectivity index (χ0) is 8.44. The first kappa shape index (κ1) is 8.55. The third-order valence-corrected chi connectivity index (χ3v) is 3.77. The Morgan fingerprint density at radius 3 is 2.42 bits per heavy atom. The first-order valence-corrected chi connectivity index (χ1v) is 5.49. The summed E-state index contributed by atoms with van der Waals surface area (Å²) in [7, 11) is 0. The van der Waals surface area contributed by atoms with Crippen LogP contribution in [-0.4, -0.2) is 13.1 Å². The molecule has 0 radical (unpaired) electrons. The average Bonchev–Trinajstić information content (AvgIpc) is 1.91. The molecule has 0 aromatic heterocycles. The first-order chi connectivity index (χ1) is 5.79. The minimum Gasteiger partial charge on any atom is -0.316 e. The van der Waals surface area contributed by atoms with Gasteiger partial charge in [0.25, 0.3) is 0 Å². The maximum absolute atomic E-state index is 3.63. The van der Waals surface area contributed by atoms with Gasteiger partial charge >= 0.3 is 0 Å². The molecule has 0 amide bonds. The largest absolute Gasteiger partial charge is 0.316 e. The molecule has 2 aliphatic carbocycles. The quantitative estimate of drug-likeness (QED) is 0.678. The Kier molecular flexibility index (Phi) is 2.40. The topological polar surface area (TPSA) is 12.0 Å². The van der Waals surface area contributed by atoms with Crippen molar-refractivity contribution in [2.75, 3.05) is 13.1 Å². The molecule has 70 valence electrons. The van der Waals surface area contributed by atoms with E-state index in [9.17, 15) is 0 Å². The van der Waals surface area contributed by atoms with Gasteiger partial charge in [-0.25, -0.2) is 0 Å². The van der Waals surface area contributed by atoms with E-state index >= 15 is 0 Å². The maximum atomic E-state index is 3.63. The minimum atomic E-state index is 0.670. The van der Waals surface area contributed by atoms with Crippen molar-refractivity contribution in [2.45, 2.75) is 45.4 Å². The fourth-order valence-electron chi connectivity index (χ4n) is 2.23. The van der Waals surface area contributed by atoms with Crippen molar-refractivity contribution < 1.29 is 0 Å².